The Bertz CT molecular complexity index is 977. The molecule has 158 valence electrons. The van der Waals surface area contributed by atoms with Crippen molar-refractivity contribution >= 4 is 17.5 Å². The van der Waals surface area contributed by atoms with Gasteiger partial charge >= 0.3 is 0 Å². The van der Waals surface area contributed by atoms with Crippen LogP contribution < -0.4 is 5.32 Å². The van der Waals surface area contributed by atoms with Crippen molar-refractivity contribution in [2.75, 3.05) is 32.7 Å². The molecule has 2 fully saturated rings. The standard InChI is InChI=1S/C19H23N7O4/c1-13-18(21-22-25(13)15-3-2-4-16(11-15)26(29)30)19(28)24-9-7-23(8-10-24)12-17(27)20-14-5-6-14/h2-4,11,14H,5-10,12H2,1H3,(H,20,27). The molecule has 2 aliphatic rings. The van der Waals surface area contributed by atoms with Gasteiger partial charge in [-0.2, -0.15) is 0 Å². The molecule has 2 amide bonds. The van der Waals surface area contributed by atoms with Gasteiger partial charge in [-0.1, -0.05) is 11.3 Å². The number of nitro benzene ring substituents is 1. The number of nitrogens with one attached hydrogen (secondary N) is 1. The fourth-order valence-corrected chi connectivity index (χ4v) is 3.47. The lowest BCUT2D eigenvalue weighted by Gasteiger charge is -2.34. The third-order valence-corrected chi connectivity index (χ3v) is 5.35. The van der Waals surface area contributed by atoms with E-state index in [0.29, 0.717) is 50.1 Å². The van der Waals surface area contributed by atoms with Gasteiger partial charge in [0.25, 0.3) is 11.6 Å². The molecule has 1 saturated heterocycles. The smallest absolute Gasteiger partial charge is 0.276 e. The fourth-order valence-electron chi connectivity index (χ4n) is 3.47. The first-order valence-corrected chi connectivity index (χ1v) is 9.90. The van der Waals surface area contributed by atoms with Crippen molar-refractivity contribution in [2.45, 2.75) is 25.8 Å². The van der Waals surface area contributed by atoms with Gasteiger partial charge in [0.2, 0.25) is 5.91 Å². The van der Waals surface area contributed by atoms with E-state index < -0.39 is 4.92 Å². The molecule has 1 saturated carbocycles. The van der Waals surface area contributed by atoms with Crippen LogP contribution in [0.5, 0.6) is 0 Å². The largest absolute Gasteiger partial charge is 0.352 e. The van der Waals surface area contributed by atoms with E-state index in [1.54, 1.807) is 24.0 Å². The summed E-state index contributed by atoms with van der Waals surface area (Å²) < 4.78 is 1.43. The van der Waals surface area contributed by atoms with Gasteiger partial charge in [0.15, 0.2) is 5.69 Å². The Morgan fingerprint density at radius 1 is 1.23 bits per heavy atom. The number of amides is 2. The first-order chi connectivity index (χ1) is 14.4. The molecule has 4 rings (SSSR count). The minimum Gasteiger partial charge on any atom is -0.352 e. The van der Waals surface area contributed by atoms with Crippen LogP contribution in [0.1, 0.15) is 29.0 Å². The summed E-state index contributed by atoms with van der Waals surface area (Å²) in [5.41, 5.74) is 1.16. The van der Waals surface area contributed by atoms with E-state index in [1.807, 2.05) is 4.90 Å². The van der Waals surface area contributed by atoms with Gasteiger partial charge < -0.3 is 10.2 Å². The van der Waals surface area contributed by atoms with E-state index in [0.717, 1.165) is 12.8 Å². The molecule has 11 nitrogen and oxygen atoms in total. The van der Waals surface area contributed by atoms with Crippen molar-refractivity contribution in [3.8, 4) is 5.69 Å². The maximum atomic E-state index is 12.9. The van der Waals surface area contributed by atoms with E-state index in [2.05, 4.69) is 15.6 Å². The second-order valence-corrected chi connectivity index (χ2v) is 7.62. The van der Waals surface area contributed by atoms with E-state index in [1.165, 1.54) is 16.8 Å². The van der Waals surface area contributed by atoms with Crippen LogP contribution in [0, 0.1) is 17.0 Å². The van der Waals surface area contributed by atoms with Gasteiger partial charge in [0.05, 0.1) is 22.8 Å². The Kier molecular flexibility index (Phi) is 5.44. The summed E-state index contributed by atoms with van der Waals surface area (Å²) in [6, 6.07) is 6.37. The predicted molar refractivity (Wildman–Crippen MR) is 106 cm³/mol. The lowest BCUT2D eigenvalue weighted by molar-refractivity contribution is -0.384. The number of nitro groups is 1. The quantitative estimate of drug-likeness (QED) is 0.540. The Labute approximate surface area is 172 Å². The molecule has 30 heavy (non-hydrogen) atoms. The van der Waals surface area contributed by atoms with Crippen LogP contribution in [0.2, 0.25) is 0 Å². The molecule has 0 bridgehead atoms. The number of carbonyl (C=O) groups is 2. The Balaban J connectivity index is 1.39. The monoisotopic (exact) mass is 413 g/mol. The summed E-state index contributed by atoms with van der Waals surface area (Å²) in [5, 5.41) is 22.0. The minimum atomic E-state index is -0.480. The molecule has 0 atom stereocenters. The van der Waals surface area contributed by atoms with E-state index in [9.17, 15) is 19.7 Å². The molecule has 1 aliphatic heterocycles. The third kappa shape index (κ3) is 4.30. The molecule has 0 spiro atoms. The molecule has 1 aromatic carbocycles. The molecule has 11 heteroatoms. The van der Waals surface area contributed by atoms with Gasteiger partial charge in [0, 0.05) is 44.4 Å². The van der Waals surface area contributed by atoms with Gasteiger partial charge in [-0.05, 0) is 25.8 Å². The molecule has 0 unspecified atom stereocenters. The summed E-state index contributed by atoms with van der Waals surface area (Å²) in [5.74, 6) is -0.195. The van der Waals surface area contributed by atoms with Gasteiger partial charge in [-0.15, -0.1) is 5.10 Å². The molecule has 1 aliphatic carbocycles. The number of nitrogens with zero attached hydrogens (tertiary/aromatic N) is 6. The normalized spacial score (nSPS) is 17.0. The zero-order chi connectivity index (χ0) is 21.3. The van der Waals surface area contributed by atoms with Crippen molar-refractivity contribution in [2.24, 2.45) is 0 Å². The molecule has 1 aromatic heterocycles. The van der Waals surface area contributed by atoms with Crippen LogP contribution in [0.3, 0.4) is 0 Å². The third-order valence-electron chi connectivity index (χ3n) is 5.35. The molecule has 2 heterocycles. The number of hydrogen-bond acceptors (Lipinski definition) is 7. The highest BCUT2D eigenvalue weighted by Crippen LogP contribution is 2.20. The lowest BCUT2D eigenvalue weighted by Crippen LogP contribution is -2.51. The first kappa shape index (κ1) is 20.0. The van der Waals surface area contributed by atoms with Crippen molar-refractivity contribution in [1.29, 1.82) is 0 Å². The van der Waals surface area contributed by atoms with Gasteiger partial charge in [-0.3, -0.25) is 24.6 Å². The second kappa shape index (κ2) is 8.19. The zero-order valence-electron chi connectivity index (χ0n) is 16.7. The van der Waals surface area contributed by atoms with E-state index >= 15 is 0 Å². The average Bonchev–Trinajstić information content (AvgIpc) is 3.46. The number of aromatic nitrogens is 3. The van der Waals surface area contributed by atoms with Crippen LogP contribution in [0.25, 0.3) is 5.69 Å². The number of non-ortho nitro benzene ring substituents is 1. The number of rotatable bonds is 6. The van der Waals surface area contributed by atoms with Crippen molar-refractivity contribution in [3.63, 3.8) is 0 Å². The topological polar surface area (TPSA) is 127 Å². The van der Waals surface area contributed by atoms with E-state index in [-0.39, 0.29) is 23.2 Å². The summed E-state index contributed by atoms with van der Waals surface area (Å²) in [6.07, 6.45) is 2.12. The lowest BCUT2D eigenvalue weighted by atomic mass is 10.2. The fraction of sp³-hybridized carbons (Fsp3) is 0.474. The second-order valence-electron chi connectivity index (χ2n) is 7.62. The molecular weight excluding hydrogens is 390 g/mol. The van der Waals surface area contributed by atoms with Gasteiger partial charge in [0.1, 0.15) is 0 Å². The van der Waals surface area contributed by atoms with Crippen molar-refractivity contribution < 1.29 is 14.5 Å². The number of benzene rings is 1. The molecule has 0 radical (unpaired) electrons. The number of piperazine rings is 1. The van der Waals surface area contributed by atoms with Crippen LogP contribution in [-0.4, -0.2) is 80.3 Å². The minimum absolute atomic E-state index is 0.0352. The maximum absolute atomic E-state index is 12.9. The SMILES string of the molecule is Cc1c(C(=O)N2CCN(CC(=O)NC3CC3)CC2)nnn1-c1cccc([N+](=O)[O-])c1. The van der Waals surface area contributed by atoms with Crippen molar-refractivity contribution in [1.82, 2.24) is 30.1 Å². The molecule has 2 aromatic rings. The predicted octanol–water partition coefficient (Wildman–Crippen LogP) is 0.520. The highest BCUT2D eigenvalue weighted by molar-refractivity contribution is 5.93. The maximum Gasteiger partial charge on any atom is 0.276 e. The van der Waals surface area contributed by atoms with Crippen LogP contribution in [0.4, 0.5) is 5.69 Å². The summed E-state index contributed by atoms with van der Waals surface area (Å²) in [4.78, 5) is 39.1. The summed E-state index contributed by atoms with van der Waals surface area (Å²) in [7, 11) is 0. The van der Waals surface area contributed by atoms with Crippen LogP contribution in [0.15, 0.2) is 24.3 Å². The van der Waals surface area contributed by atoms with Crippen LogP contribution >= 0.6 is 0 Å². The van der Waals surface area contributed by atoms with Gasteiger partial charge in [-0.25, -0.2) is 4.68 Å². The number of hydrogen-bond donors (Lipinski definition) is 1. The Morgan fingerprint density at radius 2 is 1.97 bits per heavy atom. The van der Waals surface area contributed by atoms with E-state index in [4.69, 9.17) is 0 Å². The highest BCUT2D eigenvalue weighted by atomic mass is 16.6. The average molecular weight is 413 g/mol. The highest BCUT2D eigenvalue weighted by Gasteiger charge is 2.28. The zero-order valence-corrected chi connectivity index (χ0v) is 16.7. The first-order valence-electron chi connectivity index (χ1n) is 9.90. The Morgan fingerprint density at radius 3 is 2.63 bits per heavy atom. The van der Waals surface area contributed by atoms with Crippen molar-refractivity contribution in [3.05, 3.63) is 45.8 Å². The number of carbonyl (C=O) groups excluding carboxylic acids is 2. The van der Waals surface area contributed by atoms with Crippen LogP contribution in [-0.2, 0) is 4.79 Å². The molecular formula is C19H23N7O4. The molecule has 1 N–H and O–H groups in total. The summed E-state index contributed by atoms with van der Waals surface area (Å²) in [6.45, 7) is 4.28. The summed E-state index contributed by atoms with van der Waals surface area (Å²) >= 11 is 0. The Hall–Kier alpha value is -3.34.